The van der Waals surface area contributed by atoms with Gasteiger partial charge in [0.15, 0.2) is 46.0 Å². The summed E-state index contributed by atoms with van der Waals surface area (Å²) in [5.74, 6) is 4.29. The van der Waals surface area contributed by atoms with Crippen molar-refractivity contribution in [3.05, 3.63) is 93.0 Å². The second-order valence-electron chi connectivity index (χ2n) is 17.8. The van der Waals surface area contributed by atoms with Crippen LogP contribution in [0, 0.1) is 0 Å². The van der Waals surface area contributed by atoms with Crippen molar-refractivity contribution in [3.8, 4) is 57.5 Å². The SMILES string of the molecule is COc1cc2c(cc1OC)[C@@H](c1cc(OC)c(OC)c(OC)c1)[N@+](C)(CCCOC(=O)/C(Cl)=C/C(=O)OCCC[N@+]1(C)CCc3cc(OC)c(OC)cc3[C@H]1Cc1cc(OC)c(OC)c(OC)c1)CC2.[Cl-].[Cl-]. The predicted octanol–water partition coefficient (Wildman–Crippen LogP) is 1.85. The molecular weight excluding hydrogens is 995 g/mol. The summed E-state index contributed by atoms with van der Waals surface area (Å²) in [4.78, 5) is 26.1. The molecule has 0 aromatic heterocycles. The summed E-state index contributed by atoms with van der Waals surface area (Å²) in [7, 11) is 20.5. The summed E-state index contributed by atoms with van der Waals surface area (Å²) >= 11 is 6.36. The Balaban J connectivity index is 0.00000562. The van der Waals surface area contributed by atoms with Crippen LogP contribution in [0.1, 0.15) is 58.3 Å². The van der Waals surface area contributed by atoms with E-state index in [-0.39, 0.29) is 55.1 Å². The lowest BCUT2D eigenvalue weighted by atomic mass is 9.85. The van der Waals surface area contributed by atoms with Gasteiger partial charge < -0.3 is 90.6 Å². The Morgan fingerprint density at radius 3 is 1.44 bits per heavy atom. The van der Waals surface area contributed by atoms with Crippen LogP contribution in [-0.2, 0) is 38.3 Å². The van der Waals surface area contributed by atoms with Gasteiger partial charge in [-0.3, -0.25) is 0 Å². The molecule has 72 heavy (non-hydrogen) atoms. The summed E-state index contributed by atoms with van der Waals surface area (Å²) in [6.45, 7) is 3.09. The molecule has 4 aromatic carbocycles. The van der Waals surface area contributed by atoms with Crippen molar-refractivity contribution in [2.24, 2.45) is 0 Å². The minimum absolute atomic E-state index is 0. The van der Waals surface area contributed by atoms with Gasteiger partial charge in [-0.25, -0.2) is 9.59 Å². The van der Waals surface area contributed by atoms with E-state index in [1.807, 2.05) is 36.4 Å². The predicted molar refractivity (Wildman–Crippen MR) is 264 cm³/mol. The molecule has 0 N–H and O–H groups in total. The Morgan fingerprint density at radius 1 is 0.542 bits per heavy atom. The van der Waals surface area contributed by atoms with Gasteiger partial charge in [0.1, 0.15) is 17.1 Å². The Hall–Kier alpha value is -5.65. The molecule has 2 aliphatic heterocycles. The van der Waals surface area contributed by atoms with Crippen LogP contribution in [0.15, 0.2) is 59.6 Å². The second kappa shape index (κ2) is 26.3. The first-order valence-electron chi connectivity index (χ1n) is 23.2. The molecule has 2 aliphatic rings. The van der Waals surface area contributed by atoms with Crippen LogP contribution in [0.3, 0.4) is 0 Å². The standard InChI is InChI=1S/C53H69ClN2O14.2ClH/c1-55(19-15-34-26-41(59-3)43(61-5)30-37(34)40(55)23-33-24-45(63-7)51(67-11)46(25-33)64-8)17-13-21-69-49(57)32-39(54)53(58)70-22-14-18-56(2)20-16-35-27-42(60-4)44(62-6)31-38(35)50(56)36-28-47(65-9)52(68-12)48(29-36)66-10;;/h24-32,40,50H,13-23H2,1-12H3;2*1H/q+2;;/p-2/b39-32-;;/t40-,50-,55-,56-;;/m1../s1. The Labute approximate surface area is 441 Å². The quantitative estimate of drug-likeness (QED) is 0.0462. The van der Waals surface area contributed by atoms with Gasteiger partial charge in [-0.1, -0.05) is 11.6 Å². The van der Waals surface area contributed by atoms with E-state index in [1.54, 1.807) is 71.1 Å². The first-order valence-corrected chi connectivity index (χ1v) is 23.5. The van der Waals surface area contributed by atoms with E-state index < -0.39 is 11.9 Å². The molecule has 0 aliphatic carbocycles. The minimum atomic E-state index is -0.810. The number of hydrogen-bond acceptors (Lipinski definition) is 14. The van der Waals surface area contributed by atoms with Crippen LogP contribution in [-0.4, -0.2) is 145 Å². The van der Waals surface area contributed by atoms with Gasteiger partial charge in [-0.05, 0) is 65.2 Å². The molecule has 0 radical (unpaired) electrons. The summed E-state index contributed by atoms with van der Waals surface area (Å²) in [6.07, 6.45) is 4.25. The topological polar surface area (TPSA) is 145 Å². The van der Waals surface area contributed by atoms with Crippen molar-refractivity contribution in [1.29, 1.82) is 0 Å². The zero-order valence-corrected chi connectivity index (χ0v) is 45.6. The van der Waals surface area contributed by atoms with E-state index in [4.69, 9.17) is 68.4 Å². The molecular formula is C53H69Cl3N2O14. The maximum absolute atomic E-state index is 13.1. The van der Waals surface area contributed by atoms with E-state index in [0.717, 1.165) is 59.8 Å². The summed E-state index contributed by atoms with van der Waals surface area (Å²) < 4.78 is 69.4. The molecule has 0 spiro atoms. The Morgan fingerprint density at radius 2 is 0.958 bits per heavy atom. The van der Waals surface area contributed by atoms with Crippen molar-refractivity contribution in [1.82, 2.24) is 0 Å². The van der Waals surface area contributed by atoms with Crippen LogP contribution in [0.2, 0.25) is 0 Å². The number of fused-ring (bicyclic) bond motifs is 2. The fourth-order valence-electron chi connectivity index (χ4n) is 10.2. The number of hydrogen-bond donors (Lipinski definition) is 0. The van der Waals surface area contributed by atoms with E-state index >= 15 is 0 Å². The molecule has 396 valence electrons. The molecule has 6 rings (SSSR count). The molecule has 2 heterocycles. The van der Waals surface area contributed by atoms with Crippen LogP contribution in [0.4, 0.5) is 0 Å². The average Bonchev–Trinajstić information content (AvgIpc) is 3.37. The number of carbonyl (C=O) groups excluding carboxylic acids is 2. The normalized spacial score (nSPS) is 18.9. The smallest absolute Gasteiger partial charge is 0.350 e. The minimum Gasteiger partial charge on any atom is -1.00 e. The Bertz CT molecular complexity index is 2490. The lowest BCUT2D eigenvalue weighted by molar-refractivity contribution is -0.941. The van der Waals surface area contributed by atoms with Gasteiger partial charge in [0.05, 0.1) is 125 Å². The number of nitrogens with zero attached hydrogens (tertiary/aromatic N) is 2. The monoisotopic (exact) mass is 1060 g/mol. The molecule has 0 saturated heterocycles. The number of carbonyl (C=O) groups is 2. The van der Waals surface area contributed by atoms with E-state index in [9.17, 15) is 9.59 Å². The molecule has 16 nitrogen and oxygen atoms in total. The maximum Gasteiger partial charge on any atom is 0.350 e. The summed E-state index contributed by atoms with van der Waals surface area (Å²) in [6, 6.07) is 15.9. The molecule has 0 bridgehead atoms. The van der Waals surface area contributed by atoms with Crippen LogP contribution in [0.25, 0.3) is 0 Å². The largest absolute Gasteiger partial charge is 1.00 e. The Kier molecular flexibility index (Phi) is 21.6. The fraction of sp³-hybridized carbons (Fsp3) is 0.472. The summed E-state index contributed by atoms with van der Waals surface area (Å²) in [5.41, 5.74) is 6.47. The van der Waals surface area contributed by atoms with Crippen molar-refractivity contribution < 1.29 is 100 Å². The number of methoxy groups -OCH3 is 10. The van der Waals surface area contributed by atoms with E-state index in [1.165, 1.54) is 5.56 Å². The summed E-state index contributed by atoms with van der Waals surface area (Å²) in [5, 5.41) is -0.366. The molecule has 4 atom stereocenters. The van der Waals surface area contributed by atoms with Gasteiger partial charge in [0, 0.05) is 54.9 Å². The van der Waals surface area contributed by atoms with Gasteiger partial charge in [-0.2, -0.15) is 0 Å². The van der Waals surface area contributed by atoms with Gasteiger partial charge >= 0.3 is 11.9 Å². The number of likely N-dealkylation sites (N-methyl/N-ethyl adjacent to an activating group) is 2. The number of benzene rings is 4. The van der Waals surface area contributed by atoms with Crippen LogP contribution < -0.4 is 72.2 Å². The number of esters is 2. The third-order valence-corrected chi connectivity index (χ3v) is 14.1. The average molecular weight is 1060 g/mol. The maximum atomic E-state index is 13.1. The zero-order chi connectivity index (χ0) is 50.8. The van der Waals surface area contributed by atoms with E-state index in [2.05, 4.69) is 26.2 Å². The third-order valence-electron chi connectivity index (χ3n) is 13.8. The highest BCUT2D eigenvalue weighted by atomic mass is 35.5. The van der Waals surface area contributed by atoms with Gasteiger partial charge in [-0.15, -0.1) is 0 Å². The van der Waals surface area contributed by atoms with Crippen LogP contribution >= 0.6 is 11.6 Å². The molecule has 4 aromatic rings. The van der Waals surface area contributed by atoms with Crippen molar-refractivity contribution >= 4 is 23.5 Å². The lowest BCUT2D eigenvalue weighted by Gasteiger charge is -2.46. The number of rotatable bonds is 23. The van der Waals surface area contributed by atoms with Gasteiger partial charge in [0.2, 0.25) is 11.5 Å². The van der Waals surface area contributed by atoms with Crippen molar-refractivity contribution in [2.45, 2.75) is 44.2 Å². The highest BCUT2D eigenvalue weighted by Gasteiger charge is 2.43. The first kappa shape index (κ1) is 58.9. The molecule has 19 heteroatoms. The van der Waals surface area contributed by atoms with E-state index in [0.29, 0.717) is 98.8 Å². The second-order valence-corrected chi connectivity index (χ2v) is 18.2. The molecule has 0 amide bonds. The number of halogens is 3. The molecule has 0 saturated carbocycles. The highest BCUT2D eigenvalue weighted by molar-refractivity contribution is 6.42. The molecule has 0 fully saturated rings. The fourth-order valence-corrected chi connectivity index (χ4v) is 10.3. The molecule has 0 unspecified atom stereocenters. The van der Waals surface area contributed by atoms with Crippen molar-refractivity contribution in [3.63, 3.8) is 0 Å². The number of quaternary nitrogens is 2. The number of ether oxygens (including phenoxy) is 12. The first-order chi connectivity index (χ1) is 33.7. The highest BCUT2D eigenvalue weighted by Crippen LogP contribution is 2.49. The van der Waals surface area contributed by atoms with Crippen LogP contribution in [0.5, 0.6) is 57.5 Å². The zero-order valence-electron chi connectivity index (χ0n) is 43.4. The lowest BCUT2D eigenvalue weighted by Crippen LogP contribution is -3.00. The van der Waals surface area contributed by atoms with Crippen molar-refractivity contribution in [2.75, 3.05) is 125 Å². The van der Waals surface area contributed by atoms with Gasteiger partial charge in [0.25, 0.3) is 0 Å². The third kappa shape index (κ3) is 12.7.